The van der Waals surface area contributed by atoms with Gasteiger partial charge in [-0.3, -0.25) is 0 Å². The zero-order chi connectivity index (χ0) is 20.3. The number of allylic oxidation sites excluding steroid dienone is 1. The lowest BCUT2D eigenvalue weighted by atomic mass is 9.78. The predicted molar refractivity (Wildman–Crippen MR) is 114 cm³/mol. The lowest BCUT2D eigenvalue weighted by Gasteiger charge is -2.38. The van der Waals surface area contributed by atoms with E-state index in [1.54, 1.807) is 6.92 Å². The molecule has 3 rings (SSSR count). The van der Waals surface area contributed by atoms with Crippen molar-refractivity contribution < 1.29 is 14.3 Å². The van der Waals surface area contributed by atoms with Crippen LogP contribution in [0.4, 0.5) is 0 Å². The van der Waals surface area contributed by atoms with Gasteiger partial charge in [-0.2, -0.15) is 0 Å². The fraction of sp³-hybridized carbons (Fsp3) is 0.400. The molecule has 0 radical (unpaired) electrons. The third-order valence-corrected chi connectivity index (χ3v) is 5.74. The Morgan fingerprint density at radius 1 is 1.18 bits per heavy atom. The molecule has 0 amide bonds. The third-order valence-electron chi connectivity index (χ3n) is 5.74. The second-order valence-electron chi connectivity index (χ2n) is 8.33. The van der Waals surface area contributed by atoms with E-state index in [1.807, 2.05) is 13.8 Å². The van der Waals surface area contributed by atoms with E-state index in [-0.39, 0.29) is 18.0 Å². The van der Waals surface area contributed by atoms with Gasteiger partial charge < -0.3 is 9.47 Å². The summed E-state index contributed by atoms with van der Waals surface area (Å²) in [5.74, 6) is -0.124. The minimum Gasteiger partial charge on any atom is -0.456 e. The molecule has 0 saturated carbocycles. The minimum atomic E-state index is -0.561. The molecule has 0 fully saturated rings. The summed E-state index contributed by atoms with van der Waals surface area (Å²) < 4.78 is 12.1. The third kappa shape index (κ3) is 4.53. The Morgan fingerprint density at radius 2 is 1.89 bits per heavy atom. The van der Waals surface area contributed by atoms with Crippen molar-refractivity contribution in [2.24, 2.45) is 5.92 Å². The smallest absolute Gasteiger partial charge is 0.333 e. The molecule has 0 aromatic heterocycles. The molecule has 3 nitrogen and oxygen atoms in total. The van der Waals surface area contributed by atoms with Crippen LogP contribution in [-0.4, -0.2) is 17.7 Å². The van der Waals surface area contributed by atoms with Crippen molar-refractivity contribution >= 4 is 16.7 Å². The monoisotopic (exact) mass is 378 g/mol. The first kappa shape index (κ1) is 20.3. The number of carbonyl (C=O) groups is 1. The largest absolute Gasteiger partial charge is 0.456 e. The summed E-state index contributed by atoms with van der Waals surface area (Å²) in [6.45, 7) is 12.0. The number of ether oxygens (including phenoxy) is 2. The number of benzene rings is 2. The van der Waals surface area contributed by atoms with Crippen LogP contribution in [0.5, 0.6) is 0 Å². The molecule has 2 aromatic carbocycles. The quantitative estimate of drug-likeness (QED) is 0.352. The van der Waals surface area contributed by atoms with E-state index < -0.39 is 5.60 Å². The van der Waals surface area contributed by atoms with E-state index in [4.69, 9.17) is 9.47 Å². The molecule has 2 unspecified atom stereocenters. The molecule has 148 valence electrons. The van der Waals surface area contributed by atoms with E-state index in [2.05, 4.69) is 62.0 Å². The molecule has 28 heavy (non-hydrogen) atoms. The van der Waals surface area contributed by atoms with Gasteiger partial charge in [0.1, 0.15) is 5.60 Å². The predicted octanol–water partition coefficient (Wildman–Crippen LogP) is 5.98. The summed E-state index contributed by atoms with van der Waals surface area (Å²) in [5.41, 5.74) is 2.31. The van der Waals surface area contributed by atoms with Gasteiger partial charge in [0.05, 0.1) is 12.7 Å². The topological polar surface area (TPSA) is 35.5 Å². The minimum absolute atomic E-state index is 0.0283. The molecule has 0 N–H and O–H groups in total. The molecule has 1 aliphatic carbocycles. The molecule has 0 heterocycles. The highest BCUT2D eigenvalue weighted by Gasteiger charge is 2.37. The van der Waals surface area contributed by atoms with Gasteiger partial charge in [-0.15, -0.1) is 0 Å². The number of rotatable bonds is 6. The Kier molecular flexibility index (Phi) is 6.04. The van der Waals surface area contributed by atoms with Crippen LogP contribution < -0.4 is 0 Å². The average Bonchev–Trinajstić information content (AvgIpc) is 2.66. The number of hydrogen-bond acceptors (Lipinski definition) is 3. The molecule has 1 aliphatic rings. The standard InChI is InChI=1S/C25H30O3/c1-17(2)24(26)28-25(4,5)21-14-13-18(3)23(15-21)27-16-20-11-8-10-19-9-6-7-12-22(19)20/h6-13,21,23H,1,14-16H2,2-5H3. The van der Waals surface area contributed by atoms with Crippen LogP contribution in [0.15, 0.2) is 66.3 Å². The second kappa shape index (κ2) is 8.32. The van der Waals surface area contributed by atoms with Gasteiger partial charge in [0, 0.05) is 11.5 Å². The molecule has 3 heteroatoms. The highest BCUT2D eigenvalue weighted by Crippen LogP contribution is 2.36. The summed E-state index contributed by atoms with van der Waals surface area (Å²) in [5, 5.41) is 2.46. The van der Waals surface area contributed by atoms with Crippen LogP contribution in [0.1, 0.15) is 46.1 Å². The van der Waals surface area contributed by atoms with Gasteiger partial charge in [-0.05, 0) is 62.4 Å². The number of esters is 1. The Balaban J connectivity index is 1.70. The molecule has 0 bridgehead atoms. The number of carbonyl (C=O) groups excluding carboxylic acids is 1. The zero-order valence-corrected chi connectivity index (χ0v) is 17.3. The maximum Gasteiger partial charge on any atom is 0.333 e. The summed E-state index contributed by atoms with van der Waals surface area (Å²) >= 11 is 0. The van der Waals surface area contributed by atoms with Gasteiger partial charge in [0.2, 0.25) is 0 Å². The van der Waals surface area contributed by atoms with E-state index in [0.29, 0.717) is 12.2 Å². The van der Waals surface area contributed by atoms with Crippen LogP contribution in [0.2, 0.25) is 0 Å². The zero-order valence-electron chi connectivity index (χ0n) is 17.3. The van der Waals surface area contributed by atoms with E-state index >= 15 is 0 Å². The van der Waals surface area contributed by atoms with Crippen molar-refractivity contribution in [2.75, 3.05) is 0 Å². The van der Waals surface area contributed by atoms with Crippen molar-refractivity contribution in [1.82, 2.24) is 0 Å². The van der Waals surface area contributed by atoms with Gasteiger partial charge in [-0.25, -0.2) is 4.79 Å². The molecule has 2 aromatic rings. The fourth-order valence-electron chi connectivity index (χ4n) is 3.79. The summed E-state index contributed by atoms with van der Waals surface area (Å²) in [7, 11) is 0. The first-order valence-corrected chi connectivity index (χ1v) is 9.91. The van der Waals surface area contributed by atoms with Crippen molar-refractivity contribution in [1.29, 1.82) is 0 Å². The lowest BCUT2D eigenvalue weighted by molar-refractivity contribution is -0.158. The first-order valence-electron chi connectivity index (χ1n) is 9.91. The fourth-order valence-corrected chi connectivity index (χ4v) is 3.79. The maximum atomic E-state index is 12.0. The van der Waals surface area contributed by atoms with E-state index in [0.717, 1.165) is 12.8 Å². The van der Waals surface area contributed by atoms with Gasteiger partial charge in [0.15, 0.2) is 0 Å². The molecular weight excluding hydrogens is 348 g/mol. The highest BCUT2D eigenvalue weighted by atomic mass is 16.6. The average molecular weight is 379 g/mol. The van der Waals surface area contributed by atoms with Gasteiger partial charge in [-0.1, -0.05) is 55.1 Å². The Labute approximate surface area is 168 Å². The first-order chi connectivity index (χ1) is 13.3. The summed E-state index contributed by atoms with van der Waals surface area (Å²) in [6.07, 6.45) is 3.97. The van der Waals surface area contributed by atoms with Crippen molar-refractivity contribution in [3.63, 3.8) is 0 Å². The van der Waals surface area contributed by atoms with Crippen molar-refractivity contribution in [2.45, 2.75) is 58.8 Å². The SMILES string of the molecule is C=C(C)C(=O)OC(C)(C)C1CC=C(C)C(OCc2cccc3ccccc23)C1. The number of hydrogen-bond donors (Lipinski definition) is 0. The normalized spacial score (nSPS) is 19.9. The Morgan fingerprint density at radius 3 is 2.64 bits per heavy atom. The molecular formula is C25H30O3. The molecule has 0 saturated heterocycles. The summed E-state index contributed by atoms with van der Waals surface area (Å²) in [4.78, 5) is 12.0. The summed E-state index contributed by atoms with van der Waals surface area (Å²) in [6, 6.07) is 14.7. The van der Waals surface area contributed by atoms with E-state index in [1.165, 1.54) is 21.9 Å². The number of fused-ring (bicyclic) bond motifs is 1. The van der Waals surface area contributed by atoms with Crippen LogP contribution in [0.3, 0.4) is 0 Å². The maximum absolute atomic E-state index is 12.0. The van der Waals surface area contributed by atoms with Crippen LogP contribution >= 0.6 is 0 Å². The van der Waals surface area contributed by atoms with E-state index in [9.17, 15) is 4.79 Å². The Hall–Kier alpha value is -2.39. The molecule has 0 aliphatic heterocycles. The highest BCUT2D eigenvalue weighted by molar-refractivity contribution is 5.87. The Bertz CT molecular complexity index is 902. The molecule has 2 atom stereocenters. The van der Waals surface area contributed by atoms with Gasteiger partial charge in [0.25, 0.3) is 0 Å². The van der Waals surface area contributed by atoms with Crippen molar-refractivity contribution in [3.8, 4) is 0 Å². The van der Waals surface area contributed by atoms with Crippen LogP contribution in [0.25, 0.3) is 10.8 Å². The van der Waals surface area contributed by atoms with Crippen molar-refractivity contribution in [3.05, 3.63) is 71.8 Å². The lowest BCUT2D eigenvalue weighted by Crippen LogP contribution is -2.40. The molecule has 0 spiro atoms. The van der Waals surface area contributed by atoms with Gasteiger partial charge >= 0.3 is 5.97 Å². The van der Waals surface area contributed by atoms with Crippen LogP contribution in [-0.2, 0) is 20.9 Å². The van der Waals surface area contributed by atoms with Crippen LogP contribution in [0, 0.1) is 5.92 Å². The second-order valence-corrected chi connectivity index (χ2v) is 8.33.